The van der Waals surface area contributed by atoms with Crippen LogP contribution in [0.5, 0.6) is 5.75 Å². The van der Waals surface area contributed by atoms with Crippen molar-refractivity contribution in [3.63, 3.8) is 0 Å². The second kappa shape index (κ2) is 9.82. The van der Waals surface area contributed by atoms with Crippen LogP contribution in [0, 0.1) is 17.6 Å². The molecule has 0 aliphatic carbocycles. The fraction of sp³-hybridized carbons (Fsp3) is 0.417. The molecule has 0 saturated carbocycles. The maximum absolute atomic E-state index is 14.0. The standard InChI is InChI=1S/C24H26F2N4O4S/c1-12(2)13(3)29-9-16(11-34-4)30-10-17(21(31)22(32)20(30)24(29)33)23-28-27-19(35-23)7-14-5-6-15(25)8-18(14)26/h5-6,8,10,12-13,16,32H,7,9,11H2,1-4H3/t13-,16+/m0/s1. The summed E-state index contributed by atoms with van der Waals surface area (Å²) in [6, 6.07) is 2.84. The van der Waals surface area contributed by atoms with Crippen molar-refractivity contribution in [2.75, 3.05) is 20.3 Å². The maximum atomic E-state index is 14.0. The molecule has 2 aromatic heterocycles. The molecule has 8 nitrogen and oxygen atoms in total. The largest absolute Gasteiger partial charge is 0.503 e. The van der Waals surface area contributed by atoms with Crippen molar-refractivity contribution in [1.29, 1.82) is 0 Å². The number of aromatic nitrogens is 3. The average molecular weight is 505 g/mol. The number of benzene rings is 1. The van der Waals surface area contributed by atoms with Crippen LogP contribution in [0.2, 0.25) is 0 Å². The molecule has 1 N–H and O–H groups in total. The van der Waals surface area contributed by atoms with E-state index in [-0.39, 0.29) is 52.9 Å². The Bertz CT molecular complexity index is 1320. The molecule has 0 bridgehead atoms. The van der Waals surface area contributed by atoms with Gasteiger partial charge in [0, 0.05) is 38.4 Å². The lowest BCUT2D eigenvalue weighted by Gasteiger charge is -2.40. The van der Waals surface area contributed by atoms with Gasteiger partial charge in [-0.25, -0.2) is 8.78 Å². The van der Waals surface area contributed by atoms with Crippen LogP contribution in [-0.2, 0) is 11.2 Å². The average Bonchev–Trinajstić information content (AvgIpc) is 3.27. The Hall–Kier alpha value is -3.18. The zero-order valence-corrected chi connectivity index (χ0v) is 20.6. The fourth-order valence-corrected chi connectivity index (χ4v) is 4.97. The Morgan fingerprint density at radius 2 is 1.97 bits per heavy atom. The highest BCUT2D eigenvalue weighted by atomic mass is 32.1. The lowest BCUT2D eigenvalue weighted by molar-refractivity contribution is 0.0438. The highest BCUT2D eigenvalue weighted by molar-refractivity contribution is 7.14. The molecule has 2 atom stereocenters. The molecule has 3 heterocycles. The smallest absolute Gasteiger partial charge is 0.274 e. The Balaban J connectivity index is 1.74. The highest BCUT2D eigenvalue weighted by Gasteiger charge is 2.37. The van der Waals surface area contributed by atoms with Gasteiger partial charge < -0.3 is 19.3 Å². The lowest BCUT2D eigenvalue weighted by atomic mass is 10.0. The Morgan fingerprint density at radius 3 is 2.63 bits per heavy atom. The second-order valence-corrected chi connectivity index (χ2v) is 10.0. The van der Waals surface area contributed by atoms with E-state index in [0.717, 1.165) is 23.5 Å². The van der Waals surface area contributed by atoms with E-state index in [1.54, 1.807) is 16.6 Å². The molecule has 4 rings (SSSR count). The molecule has 3 aromatic rings. The molecule has 35 heavy (non-hydrogen) atoms. The van der Waals surface area contributed by atoms with Crippen molar-refractivity contribution in [2.45, 2.75) is 39.3 Å². The number of hydrogen-bond donors (Lipinski definition) is 1. The Kier molecular flexibility index (Phi) is 7.00. The minimum Gasteiger partial charge on any atom is -0.503 e. The van der Waals surface area contributed by atoms with Gasteiger partial charge in [0.05, 0.1) is 18.2 Å². The third-order valence-electron chi connectivity index (χ3n) is 6.34. The number of carbonyl (C=O) groups excluding carboxylic acids is 1. The van der Waals surface area contributed by atoms with Gasteiger partial charge in [0.1, 0.15) is 16.6 Å². The molecule has 1 aliphatic rings. The van der Waals surface area contributed by atoms with E-state index < -0.39 is 28.7 Å². The van der Waals surface area contributed by atoms with Crippen LogP contribution >= 0.6 is 11.3 Å². The number of hydrogen-bond acceptors (Lipinski definition) is 7. The van der Waals surface area contributed by atoms with E-state index in [0.29, 0.717) is 11.6 Å². The number of methoxy groups -OCH3 is 1. The molecule has 0 saturated heterocycles. The Morgan fingerprint density at radius 1 is 1.23 bits per heavy atom. The molecule has 0 unspecified atom stereocenters. The van der Waals surface area contributed by atoms with Crippen LogP contribution < -0.4 is 5.43 Å². The number of pyridine rings is 1. The van der Waals surface area contributed by atoms with Crippen LogP contribution in [0.1, 0.15) is 47.9 Å². The summed E-state index contributed by atoms with van der Waals surface area (Å²) >= 11 is 1.06. The lowest BCUT2D eigenvalue weighted by Crippen LogP contribution is -2.50. The van der Waals surface area contributed by atoms with E-state index in [1.165, 1.54) is 12.3 Å². The number of nitrogens with zero attached hydrogens (tertiary/aromatic N) is 4. The molecule has 1 amide bonds. The van der Waals surface area contributed by atoms with Crippen molar-refractivity contribution >= 4 is 17.2 Å². The summed E-state index contributed by atoms with van der Waals surface area (Å²) in [4.78, 5) is 28.0. The molecule has 186 valence electrons. The van der Waals surface area contributed by atoms with Crippen LogP contribution in [0.3, 0.4) is 0 Å². The maximum Gasteiger partial charge on any atom is 0.274 e. The van der Waals surface area contributed by atoms with Crippen molar-refractivity contribution < 1.29 is 23.4 Å². The number of amides is 1. The van der Waals surface area contributed by atoms with Crippen molar-refractivity contribution in [3.8, 4) is 16.3 Å². The van der Waals surface area contributed by atoms with Crippen LogP contribution in [-0.4, -0.2) is 57.0 Å². The number of fused-ring (bicyclic) bond motifs is 1. The minimum atomic E-state index is -0.740. The Labute approximate surface area is 204 Å². The zero-order valence-electron chi connectivity index (χ0n) is 19.8. The molecule has 0 radical (unpaired) electrons. The predicted octanol–water partition coefficient (Wildman–Crippen LogP) is 3.63. The molecular formula is C24H26F2N4O4S. The number of halogens is 2. The summed E-state index contributed by atoms with van der Waals surface area (Å²) in [5, 5.41) is 19.6. The van der Waals surface area contributed by atoms with Crippen LogP contribution in [0.15, 0.2) is 29.2 Å². The molecule has 11 heteroatoms. The SMILES string of the molecule is COC[C@H]1CN([C@@H](C)C(C)C)C(=O)c2c(O)c(=O)c(-c3nnc(Cc4ccc(F)cc4F)s3)cn21. The molecule has 0 fully saturated rings. The number of carbonyl (C=O) groups is 1. The van der Waals surface area contributed by atoms with Crippen molar-refractivity contribution in [3.05, 3.63) is 62.5 Å². The normalized spacial score (nSPS) is 16.6. The third kappa shape index (κ3) is 4.70. The van der Waals surface area contributed by atoms with Crippen molar-refractivity contribution in [1.82, 2.24) is 19.7 Å². The molecule has 1 aromatic carbocycles. The number of aromatic hydroxyl groups is 1. The van der Waals surface area contributed by atoms with Gasteiger partial charge in [0.25, 0.3) is 5.91 Å². The van der Waals surface area contributed by atoms with Crippen LogP contribution in [0.25, 0.3) is 10.6 Å². The van der Waals surface area contributed by atoms with Gasteiger partial charge in [-0.15, -0.1) is 10.2 Å². The van der Waals surface area contributed by atoms with E-state index in [2.05, 4.69) is 10.2 Å². The summed E-state index contributed by atoms with van der Waals surface area (Å²) < 4.78 is 34.2. The van der Waals surface area contributed by atoms with Gasteiger partial charge in [0.2, 0.25) is 5.43 Å². The first-order chi connectivity index (χ1) is 16.6. The van der Waals surface area contributed by atoms with Gasteiger partial charge in [-0.3, -0.25) is 9.59 Å². The van der Waals surface area contributed by atoms with E-state index in [4.69, 9.17) is 4.74 Å². The summed E-state index contributed by atoms with van der Waals surface area (Å²) in [6.45, 7) is 6.54. The monoisotopic (exact) mass is 504 g/mol. The van der Waals surface area contributed by atoms with E-state index >= 15 is 0 Å². The molecular weight excluding hydrogens is 478 g/mol. The predicted molar refractivity (Wildman–Crippen MR) is 127 cm³/mol. The highest BCUT2D eigenvalue weighted by Crippen LogP contribution is 2.32. The van der Waals surface area contributed by atoms with Gasteiger partial charge in [-0.1, -0.05) is 31.3 Å². The van der Waals surface area contributed by atoms with Gasteiger partial charge in [-0.2, -0.15) is 0 Å². The first kappa shape index (κ1) is 24.9. The quantitative estimate of drug-likeness (QED) is 0.528. The minimum absolute atomic E-state index is 0.0644. The second-order valence-electron chi connectivity index (χ2n) is 8.94. The summed E-state index contributed by atoms with van der Waals surface area (Å²) in [5.74, 6) is -2.29. The molecule has 0 spiro atoms. The first-order valence-corrected chi connectivity index (χ1v) is 12.0. The number of ether oxygens (including phenoxy) is 1. The topological polar surface area (TPSA) is 97.6 Å². The van der Waals surface area contributed by atoms with Gasteiger partial charge >= 0.3 is 0 Å². The van der Waals surface area contributed by atoms with Crippen molar-refractivity contribution in [2.24, 2.45) is 5.92 Å². The van der Waals surface area contributed by atoms with E-state index in [1.807, 2.05) is 20.8 Å². The third-order valence-corrected chi connectivity index (χ3v) is 7.30. The van der Waals surface area contributed by atoms with Gasteiger partial charge in [-0.05, 0) is 24.5 Å². The summed E-state index contributed by atoms with van der Waals surface area (Å²) in [6.07, 6.45) is 1.56. The summed E-state index contributed by atoms with van der Waals surface area (Å²) in [7, 11) is 1.54. The summed E-state index contributed by atoms with van der Waals surface area (Å²) in [5.41, 5.74) is -0.508. The number of rotatable bonds is 7. The molecule has 1 aliphatic heterocycles. The van der Waals surface area contributed by atoms with Crippen LogP contribution in [0.4, 0.5) is 8.78 Å². The first-order valence-electron chi connectivity index (χ1n) is 11.2. The zero-order chi connectivity index (χ0) is 25.4. The fourth-order valence-electron chi connectivity index (χ4n) is 4.10. The van der Waals surface area contributed by atoms with Gasteiger partial charge in [0.15, 0.2) is 16.5 Å². The van der Waals surface area contributed by atoms with E-state index in [9.17, 15) is 23.5 Å².